The van der Waals surface area contributed by atoms with Gasteiger partial charge in [0.25, 0.3) is 11.1 Å². The molecular formula is C19H15BrFNO4S. The standard InChI is InChI=1S/C19H15BrFNO4S/c1-25-15-7-12(14(20)9-16(15)26-2)8-17-18(23)22(19(24)27-17)10-11-3-5-13(21)6-4-11/h3-9H,10H2,1-2H3. The molecule has 8 heteroatoms. The van der Waals surface area contributed by atoms with Crippen LogP contribution in [0.1, 0.15) is 11.1 Å². The maximum Gasteiger partial charge on any atom is 0.293 e. The number of benzene rings is 2. The molecule has 140 valence electrons. The number of rotatable bonds is 5. The zero-order chi connectivity index (χ0) is 19.6. The highest BCUT2D eigenvalue weighted by molar-refractivity contribution is 9.10. The van der Waals surface area contributed by atoms with E-state index in [4.69, 9.17) is 9.47 Å². The molecule has 3 rings (SSSR count). The van der Waals surface area contributed by atoms with Gasteiger partial charge in [-0.15, -0.1) is 0 Å². The molecule has 0 spiro atoms. The summed E-state index contributed by atoms with van der Waals surface area (Å²) < 4.78 is 24.2. The quantitative estimate of drug-likeness (QED) is 0.608. The Morgan fingerprint density at radius 2 is 1.74 bits per heavy atom. The lowest BCUT2D eigenvalue weighted by molar-refractivity contribution is -0.123. The second-order valence-corrected chi connectivity index (χ2v) is 7.47. The molecule has 1 saturated heterocycles. The maximum absolute atomic E-state index is 13.0. The summed E-state index contributed by atoms with van der Waals surface area (Å²) in [6, 6.07) is 9.14. The summed E-state index contributed by atoms with van der Waals surface area (Å²) in [5.74, 6) is 0.297. The summed E-state index contributed by atoms with van der Waals surface area (Å²) in [5.41, 5.74) is 1.35. The Balaban J connectivity index is 1.87. The minimum Gasteiger partial charge on any atom is -0.493 e. The second kappa shape index (κ2) is 8.14. The number of methoxy groups -OCH3 is 2. The Hall–Kier alpha value is -2.32. The van der Waals surface area contributed by atoms with Crippen LogP contribution in [0.5, 0.6) is 11.5 Å². The van der Waals surface area contributed by atoms with E-state index < -0.39 is 5.91 Å². The number of thioether (sulfide) groups is 1. The summed E-state index contributed by atoms with van der Waals surface area (Å²) in [5, 5.41) is -0.368. The number of amides is 2. The number of carbonyl (C=O) groups is 2. The monoisotopic (exact) mass is 451 g/mol. The molecule has 0 atom stereocenters. The van der Waals surface area contributed by atoms with Crippen molar-refractivity contribution < 1.29 is 23.5 Å². The van der Waals surface area contributed by atoms with Gasteiger partial charge in [0.15, 0.2) is 11.5 Å². The van der Waals surface area contributed by atoms with Crippen molar-refractivity contribution in [1.82, 2.24) is 4.90 Å². The van der Waals surface area contributed by atoms with E-state index in [2.05, 4.69) is 15.9 Å². The van der Waals surface area contributed by atoms with Crippen LogP contribution in [-0.2, 0) is 11.3 Å². The Bertz CT molecular complexity index is 930. The van der Waals surface area contributed by atoms with Crippen molar-refractivity contribution in [2.45, 2.75) is 6.54 Å². The molecule has 0 bridgehead atoms. The molecule has 1 heterocycles. The van der Waals surface area contributed by atoms with Gasteiger partial charge in [-0.05, 0) is 53.2 Å². The van der Waals surface area contributed by atoms with E-state index in [0.717, 1.165) is 16.7 Å². The molecule has 2 aromatic carbocycles. The summed E-state index contributed by atoms with van der Waals surface area (Å²) in [6.45, 7) is 0.0926. The molecule has 1 fully saturated rings. The first kappa shape index (κ1) is 19.4. The summed E-state index contributed by atoms with van der Waals surface area (Å²) in [6.07, 6.45) is 1.63. The average Bonchev–Trinajstić information content (AvgIpc) is 2.92. The zero-order valence-corrected chi connectivity index (χ0v) is 16.9. The molecule has 1 aliphatic rings. The van der Waals surface area contributed by atoms with Gasteiger partial charge in [0.05, 0.1) is 25.7 Å². The number of imide groups is 1. The SMILES string of the molecule is COc1cc(Br)c(C=C2SC(=O)N(Cc3ccc(F)cc3)C2=O)cc1OC. The minimum atomic E-state index is -0.393. The van der Waals surface area contributed by atoms with Crippen molar-refractivity contribution in [3.63, 3.8) is 0 Å². The zero-order valence-electron chi connectivity index (χ0n) is 14.5. The van der Waals surface area contributed by atoms with Crippen LogP contribution in [0.3, 0.4) is 0 Å². The number of ether oxygens (including phenoxy) is 2. The smallest absolute Gasteiger partial charge is 0.293 e. The van der Waals surface area contributed by atoms with Gasteiger partial charge in [-0.1, -0.05) is 28.1 Å². The van der Waals surface area contributed by atoms with E-state index in [1.54, 1.807) is 30.3 Å². The largest absolute Gasteiger partial charge is 0.493 e. The third-order valence-electron chi connectivity index (χ3n) is 3.92. The van der Waals surface area contributed by atoms with E-state index in [9.17, 15) is 14.0 Å². The first-order chi connectivity index (χ1) is 12.9. The Labute approximate surface area is 168 Å². The normalized spacial score (nSPS) is 15.6. The van der Waals surface area contributed by atoms with Crippen molar-refractivity contribution in [2.24, 2.45) is 0 Å². The molecule has 5 nitrogen and oxygen atoms in total. The molecule has 0 N–H and O–H groups in total. The molecule has 2 amide bonds. The molecular weight excluding hydrogens is 437 g/mol. The van der Waals surface area contributed by atoms with Crippen LogP contribution in [0, 0.1) is 5.82 Å². The van der Waals surface area contributed by atoms with Crippen LogP contribution in [0.15, 0.2) is 45.8 Å². The summed E-state index contributed by atoms with van der Waals surface area (Å²) >= 11 is 4.30. The fraction of sp³-hybridized carbons (Fsp3) is 0.158. The van der Waals surface area contributed by atoms with E-state index in [-0.39, 0.29) is 17.6 Å². The summed E-state index contributed by atoms with van der Waals surface area (Å²) in [4.78, 5) is 26.4. The molecule has 0 radical (unpaired) electrons. The van der Waals surface area contributed by atoms with Gasteiger partial charge in [0, 0.05) is 4.47 Å². The van der Waals surface area contributed by atoms with Gasteiger partial charge in [-0.25, -0.2) is 4.39 Å². The van der Waals surface area contributed by atoms with E-state index in [0.29, 0.717) is 32.0 Å². The van der Waals surface area contributed by atoms with E-state index in [1.807, 2.05) is 0 Å². The lowest BCUT2D eigenvalue weighted by Crippen LogP contribution is -2.27. The van der Waals surface area contributed by atoms with Crippen molar-refractivity contribution in [2.75, 3.05) is 14.2 Å². The molecule has 2 aromatic rings. The Kier molecular flexibility index (Phi) is 5.86. The van der Waals surface area contributed by atoms with Crippen LogP contribution in [0.4, 0.5) is 9.18 Å². The topological polar surface area (TPSA) is 55.8 Å². The third kappa shape index (κ3) is 4.17. The highest BCUT2D eigenvalue weighted by Crippen LogP contribution is 2.38. The van der Waals surface area contributed by atoms with Crippen LogP contribution < -0.4 is 9.47 Å². The van der Waals surface area contributed by atoms with E-state index >= 15 is 0 Å². The molecule has 0 unspecified atom stereocenters. The predicted octanol–water partition coefficient (Wildman–Crippen LogP) is 4.84. The number of halogens is 2. The third-order valence-corrected chi connectivity index (χ3v) is 5.51. The fourth-order valence-corrected chi connectivity index (χ4v) is 3.80. The van der Waals surface area contributed by atoms with Gasteiger partial charge in [-0.2, -0.15) is 0 Å². The van der Waals surface area contributed by atoms with Gasteiger partial charge in [0.1, 0.15) is 5.82 Å². The second-order valence-electron chi connectivity index (χ2n) is 5.62. The van der Waals surface area contributed by atoms with Crippen LogP contribution in [0.2, 0.25) is 0 Å². The van der Waals surface area contributed by atoms with Crippen molar-refractivity contribution in [1.29, 1.82) is 0 Å². The van der Waals surface area contributed by atoms with Crippen LogP contribution in [-0.4, -0.2) is 30.3 Å². The van der Waals surface area contributed by atoms with Crippen molar-refractivity contribution in [3.05, 3.63) is 62.7 Å². The Morgan fingerprint density at radius 1 is 1.11 bits per heavy atom. The van der Waals surface area contributed by atoms with Crippen molar-refractivity contribution in [3.8, 4) is 11.5 Å². The molecule has 0 saturated carbocycles. The number of hydrogen-bond donors (Lipinski definition) is 0. The average molecular weight is 452 g/mol. The summed E-state index contributed by atoms with van der Waals surface area (Å²) in [7, 11) is 3.05. The highest BCUT2D eigenvalue weighted by atomic mass is 79.9. The van der Waals surface area contributed by atoms with Gasteiger partial charge in [-0.3, -0.25) is 14.5 Å². The van der Waals surface area contributed by atoms with Gasteiger partial charge >= 0.3 is 0 Å². The predicted molar refractivity (Wildman–Crippen MR) is 105 cm³/mol. The first-order valence-electron chi connectivity index (χ1n) is 7.84. The molecule has 0 aromatic heterocycles. The first-order valence-corrected chi connectivity index (χ1v) is 9.45. The molecule has 1 aliphatic heterocycles. The lowest BCUT2D eigenvalue weighted by atomic mass is 10.1. The number of carbonyl (C=O) groups excluding carboxylic acids is 2. The lowest BCUT2D eigenvalue weighted by Gasteiger charge is -2.12. The molecule has 27 heavy (non-hydrogen) atoms. The van der Waals surface area contributed by atoms with Crippen molar-refractivity contribution >= 4 is 44.9 Å². The highest BCUT2D eigenvalue weighted by Gasteiger charge is 2.35. The molecule has 0 aliphatic carbocycles. The number of hydrogen-bond acceptors (Lipinski definition) is 5. The van der Waals surface area contributed by atoms with E-state index in [1.165, 1.54) is 26.4 Å². The minimum absolute atomic E-state index is 0.0926. The fourth-order valence-electron chi connectivity index (χ4n) is 2.53. The van der Waals surface area contributed by atoms with Gasteiger partial charge in [0.2, 0.25) is 0 Å². The van der Waals surface area contributed by atoms with Crippen LogP contribution in [0.25, 0.3) is 6.08 Å². The maximum atomic E-state index is 13.0. The number of nitrogens with zero attached hydrogens (tertiary/aromatic N) is 1. The van der Waals surface area contributed by atoms with Crippen LogP contribution >= 0.6 is 27.7 Å². The Morgan fingerprint density at radius 3 is 2.37 bits per heavy atom. The van der Waals surface area contributed by atoms with Gasteiger partial charge < -0.3 is 9.47 Å².